The summed E-state index contributed by atoms with van der Waals surface area (Å²) in [5.41, 5.74) is -1.44. The van der Waals surface area contributed by atoms with E-state index in [-0.39, 0.29) is 25.4 Å². The number of rotatable bonds is 5. The number of halogens is 2. The van der Waals surface area contributed by atoms with E-state index in [1.165, 1.54) is 4.90 Å². The maximum atomic E-state index is 14.1. The summed E-state index contributed by atoms with van der Waals surface area (Å²) in [6.07, 6.45) is -0.465. The van der Waals surface area contributed by atoms with Crippen molar-refractivity contribution in [3.8, 4) is 5.75 Å². The van der Waals surface area contributed by atoms with E-state index >= 15 is 0 Å². The quantitative estimate of drug-likeness (QED) is 0.207. The molecule has 2 amide bonds. The zero-order valence-electron chi connectivity index (χ0n) is 21.9. The van der Waals surface area contributed by atoms with Crippen LogP contribution in [0.1, 0.15) is 19.8 Å². The summed E-state index contributed by atoms with van der Waals surface area (Å²) in [6.45, 7) is 9.38. The molecule has 41 heavy (non-hydrogen) atoms. The van der Waals surface area contributed by atoms with Crippen LogP contribution in [-0.2, 0) is 14.3 Å². The first kappa shape index (κ1) is 26.2. The molecule has 4 aromatic carbocycles. The monoisotopic (exact) mass is 586 g/mol. The molecule has 0 aromatic heterocycles. The van der Waals surface area contributed by atoms with Gasteiger partial charge in [-0.05, 0) is 29.8 Å². The van der Waals surface area contributed by atoms with Crippen LogP contribution in [0.2, 0.25) is 10.0 Å². The third-order valence-corrected chi connectivity index (χ3v) is 9.62. The third-order valence-electron chi connectivity index (χ3n) is 9.02. The minimum Gasteiger partial charge on any atom is -0.491 e. The number of hydrogen-bond acceptors (Lipinski definition) is 5. The van der Waals surface area contributed by atoms with E-state index < -0.39 is 35.0 Å². The van der Waals surface area contributed by atoms with Gasteiger partial charge < -0.3 is 14.6 Å². The SMILES string of the molecule is [C-]#[N+]c1ccc(N2C(=O)[C@@H]3[C@H](C2=O)C2(C)OC3(CCOc3c(Cl)cc(Cl)c4ccccc34)C[C@H]2O)c2ccccc12. The molecule has 0 saturated carbocycles. The molecule has 3 aliphatic heterocycles. The fraction of sp³-hybridized carbons (Fsp3) is 0.281. The van der Waals surface area contributed by atoms with Crippen molar-refractivity contribution in [2.75, 3.05) is 11.5 Å². The molecule has 3 saturated heterocycles. The Morgan fingerprint density at radius 2 is 1.63 bits per heavy atom. The van der Waals surface area contributed by atoms with E-state index in [1.54, 1.807) is 37.3 Å². The Labute approximate surface area is 246 Å². The fourth-order valence-electron chi connectivity index (χ4n) is 7.17. The van der Waals surface area contributed by atoms with E-state index in [0.717, 1.165) is 10.8 Å². The van der Waals surface area contributed by atoms with Crippen LogP contribution in [0.3, 0.4) is 0 Å². The first-order valence-corrected chi connectivity index (χ1v) is 14.1. The minimum absolute atomic E-state index is 0.140. The van der Waals surface area contributed by atoms with Gasteiger partial charge in [-0.2, -0.15) is 0 Å². The summed E-state index contributed by atoms with van der Waals surface area (Å²) in [5, 5.41) is 14.9. The molecule has 2 unspecified atom stereocenters. The highest BCUT2D eigenvalue weighted by molar-refractivity contribution is 6.40. The molecular weight excluding hydrogens is 563 g/mol. The van der Waals surface area contributed by atoms with Gasteiger partial charge in [-0.1, -0.05) is 77.8 Å². The molecule has 7 nitrogen and oxygen atoms in total. The number of fused-ring (bicyclic) bond motifs is 7. The Bertz CT molecular complexity index is 1840. The molecule has 3 aliphatic rings. The van der Waals surface area contributed by atoms with Crippen molar-refractivity contribution < 1.29 is 24.2 Å². The first-order valence-electron chi connectivity index (χ1n) is 13.3. The molecule has 0 spiro atoms. The standard InChI is InChI=1S/C32H24Cl2N2O5/c1-31-25(37)16-32(41-31,13-14-40-28-20-10-6-3-7-17(20)21(33)15-22(28)34)27-26(31)29(38)36(30(27)39)24-12-11-23(35-2)18-8-4-5-9-19(18)24/h3-12,15,25-27,37H,13-14,16H2,1H3/t25-,26-,27+,31?,32?/m1/s1. The molecule has 0 radical (unpaired) electrons. The zero-order chi connectivity index (χ0) is 28.7. The second-order valence-electron chi connectivity index (χ2n) is 11.1. The molecule has 3 fully saturated rings. The van der Waals surface area contributed by atoms with Crippen LogP contribution < -0.4 is 9.64 Å². The van der Waals surface area contributed by atoms with Crippen molar-refractivity contribution >= 4 is 67.9 Å². The molecule has 2 bridgehead atoms. The van der Waals surface area contributed by atoms with E-state index in [2.05, 4.69) is 4.85 Å². The second-order valence-corrected chi connectivity index (χ2v) is 11.9. The lowest BCUT2D eigenvalue weighted by Gasteiger charge is -2.33. The summed E-state index contributed by atoms with van der Waals surface area (Å²) in [7, 11) is 0. The van der Waals surface area contributed by atoms with Crippen molar-refractivity contribution in [1.29, 1.82) is 0 Å². The van der Waals surface area contributed by atoms with Gasteiger partial charge in [0, 0.05) is 23.6 Å². The summed E-state index contributed by atoms with van der Waals surface area (Å²) in [5.74, 6) is -1.94. The van der Waals surface area contributed by atoms with E-state index in [4.69, 9.17) is 39.2 Å². The van der Waals surface area contributed by atoms with Crippen LogP contribution in [-0.4, -0.2) is 40.8 Å². The van der Waals surface area contributed by atoms with Gasteiger partial charge in [0.1, 0.15) is 11.4 Å². The molecule has 1 N–H and O–H groups in total. The zero-order valence-corrected chi connectivity index (χ0v) is 23.4. The van der Waals surface area contributed by atoms with Crippen molar-refractivity contribution in [3.05, 3.63) is 88.2 Å². The summed E-state index contributed by atoms with van der Waals surface area (Å²) in [6, 6.07) is 19.7. The Morgan fingerprint density at radius 1 is 0.976 bits per heavy atom. The smallest absolute Gasteiger partial charge is 0.240 e. The summed E-state index contributed by atoms with van der Waals surface area (Å²) >= 11 is 12.9. The minimum atomic E-state index is -1.22. The van der Waals surface area contributed by atoms with Gasteiger partial charge in [-0.15, -0.1) is 0 Å². The predicted molar refractivity (Wildman–Crippen MR) is 157 cm³/mol. The normalized spacial score (nSPS) is 28.5. The highest BCUT2D eigenvalue weighted by Gasteiger charge is 2.77. The Hall–Kier alpha value is -3.67. The lowest BCUT2D eigenvalue weighted by atomic mass is 9.66. The highest BCUT2D eigenvalue weighted by atomic mass is 35.5. The number of carbonyl (C=O) groups is 2. The lowest BCUT2D eigenvalue weighted by Crippen LogP contribution is -2.49. The first-order chi connectivity index (χ1) is 19.7. The predicted octanol–water partition coefficient (Wildman–Crippen LogP) is 6.72. The van der Waals surface area contributed by atoms with Crippen LogP contribution >= 0.6 is 23.2 Å². The number of aliphatic hydroxyl groups excluding tert-OH is 1. The maximum absolute atomic E-state index is 14.1. The Balaban J connectivity index is 1.24. The van der Waals surface area contributed by atoms with Gasteiger partial charge in [0.15, 0.2) is 5.69 Å². The highest BCUT2D eigenvalue weighted by Crippen LogP contribution is 2.62. The largest absolute Gasteiger partial charge is 0.491 e. The molecule has 9 heteroatoms. The van der Waals surface area contributed by atoms with Gasteiger partial charge in [0.05, 0.1) is 52.5 Å². The molecule has 0 aliphatic carbocycles. The van der Waals surface area contributed by atoms with Crippen molar-refractivity contribution in [1.82, 2.24) is 0 Å². The average Bonchev–Trinajstić information content (AvgIpc) is 3.50. The van der Waals surface area contributed by atoms with Crippen LogP contribution in [0.15, 0.2) is 66.7 Å². The molecule has 3 heterocycles. The number of nitrogens with zero attached hydrogens (tertiary/aromatic N) is 2. The number of anilines is 1. The van der Waals surface area contributed by atoms with E-state index in [0.29, 0.717) is 37.9 Å². The van der Waals surface area contributed by atoms with Crippen molar-refractivity contribution in [2.24, 2.45) is 11.8 Å². The molecule has 206 valence electrons. The van der Waals surface area contributed by atoms with Crippen molar-refractivity contribution in [2.45, 2.75) is 37.1 Å². The lowest BCUT2D eigenvalue weighted by molar-refractivity contribution is -0.134. The van der Waals surface area contributed by atoms with Crippen LogP contribution in [0.4, 0.5) is 11.4 Å². The number of hydrogen-bond donors (Lipinski definition) is 1. The van der Waals surface area contributed by atoms with E-state index in [1.807, 2.05) is 36.4 Å². The summed E-state index contributed by atoms with van der Waals surface area (Å²) in [4.78, 5) is 33.0. The third kappa shape index (κ3) is 3.58. The maximum Gasteiger partial charge on any atom is 0.240 e. The van der Waals surface area contributed by atoms with Gasteiger partial charge in [-0.25, -0.2) is 9.74 Å². The fourth-order valence-corrected chi connectivity index (χ4v) is 7.76. The van der Waals surface area contributed by atoms with Gasteiger partial charge in [-0.3, -0.25) is 9.59 Å². The van der Waals surface area contributed by atoms with Crippen LogP contribution in [0, 0.1) is 18.4 Å². The Kier molecular flexibility index (Phi) is 5.87. The van der Waals surface area contributed by atoms with E-state index in [9.17, 15) is 14.7 Å². The number of amides is 2. The summed E-state index contributed by atoms with van der Waals surface area (Å²) < 4.78 is 12.7. The topological polar surface area (TPSA) is 80.4 Å². The molecule has 7 rings (SSSR count). The number of benzene rings is 4. The number of carbonyl (C=O) groups excluding carboxylic acids is 2. The second kappa shape index (κ2) is 9.17. The van der Waals surface area contributed by atoms with Crippen LogP contribution in [0.5, 0.6) is 5.75 Å². The molecular formula is C32H24Cl2N2O5. The molecule has 4 aromatic rings. The number of imide groups is 1. The molecule has 5 atom stereocenters. The van der Waals surface area contributed by atoms with Gasteiger partial charge in [0.2, 0.25) is 11.8 Å². The van der Waals surface area contributed by atoms with Gasteiger partial charge >= 0.3 is 0 Å². The van der Waals surface area contributed by atoms with Gasteiger partial charge in [0.25, 0.3) is 0 Å². The Morgan fingerprint density at radius 3 is 2.37 bits per heavy atom. The van der Waals surface area contributed by atoms with Crippen LogP contribution in [0.25, 0.3) is 26.4 Å². The number of ether oxygens (including phenoxy) is 2. The average molecular weight is 587 g/mol. The van der Waals surface area contributed by atoms with Crippen molar-refractivity contribution in [3.63, 3.8) is 0 Å². The number of aliphatic hydroxyl groups is 1.